The molecule has 0 unspecified atom stereocenters. The van der Waals surface area contributed by atoms with Gasteiger partial charge in [0.25, 0.3) is 10.0 Å². The predicted molar refractivity (Wildman–Crippen MR) is 131 cm³/mol. The van der Waals surface area contributed by atoms with Crippen LogP contribution in [0, 0.1) is 0 Å². The Labute approximate surface area is 201 Å². The first-order valence-electron chi connectivity index (χ1n) is 10.6. The van der Waals surface area contributed by atoms with Gasteiger partial charge in [-0.25, -0.2) is 8.42 Å². The van der Waals surface area contributed by atoms with Crippen molar-refractivity contribution in [1.82, 2.24) is 14.1 Å². The summed E-state index contributed by atoms with van der Waals surface area (Å²) in [5.41, 5.74) is 2.07. The largest absolute Gasteiger partial charge is 0.358 e. The van der Waals surface area contributed by atoms with E-state index in [0.717, 1.165) is 40.1 Å². The van der Waals surface area contributed by atoms with Gasteiger partial charge < -0.3 is 9.80 Å². The Kier molecular flexibility index (Phi) is 5.90. The Morgan fingerprint density at radius 1 is 1.06 bits per heavy atom. The number of amides is 1. The number of benzene rings is 2. The second kappa shape index (κ2) is 8.72. The number of carbonyl (C=O) groups is 1. The molecule has 0 saturated carbocycles. The van der Waals surface area contributed by atoms with Crippen LogP contribution in [0.3, 0.4) is 0 Å². The van der Waals surface area contributed by atoms with Crippen molar-refractivity contribution in [2.45, 2.75) is 10.8 Å². The van der Waals surface area contributed by atoms with E-state index in [4.69, 9.17) is 11.6 Å². The number of nitrogens with zero attached hydrogens (tertiary/aromatic N) is 4. The van der Waals surface area contributed by atoms with Crippen LogP contribution in [0.15, 0.2) is 57.7 Å². The minimum Gasteiger partial charge on any atom is -0.358 e. The number of thiophene rings is 1. The second-order valence-corrected chi connectivity index (χ2v) is 11.9. The van der Waals surface area contributed by atoms with Gasteiger partial charge >= 0.3 is 0 Å². The number of fused-ring (bicyclic) bond motifs is 1. The number of halogens is 1. The number of piperazine rings is 1. The Morgan fingerprint density at radius 3 is 2.55 bits per heavy atom. The van der Waals surface area contributed by atoms with E-state index in [0.29, 0.717) is 18.1 Å². The van der Waals surface area contributed by atoms with Crippen molar-refractivity contribution >= 4 is 54.8 Å². The van der Waals surface area contributed by atoms with Crippen molar-refractivity contribution in [2.24, 2.45) is 4.99 Å². The van der Waals surface area contributed by atoms with Gasteiger partial charge in [-0.3, -0.25) is 9.79 Å². The molecule has 1 aromatic heterocycles. The van der Waals surface area contributed by atoms with Gasteiger partial charge in [-0.15, -0.1) is 11.3 Å². The molecule has 1 saturated heterocycles. The number of likely N-dealkylation sites (N-methyl/N-ethyl adjacent to an activating group) is 1. The lowest BCUT2D eigenvalue weighted by molar-refractivity contribution is -0.134. The summed E-state index contributed by atoms with van der Waals surface area (Å²) in [6.45, 7) is 2.65. The number of rotatable bonds is 5. The molecular weight excluding hydrogens is 480 g/mol. The van der Waals surface area contributed by atoms with Gasteiger partial charge in [-0.2, -0.15) is 4.31 Å². The van der Waals surface area contributed by atoms with Crippen LogP contribution in [0.5, 0.6) is 0 Å². The number of amidine groups is 1. The maximum atomic E-state index is 13.2. The zero-order valence-corrected chi connectivity index (χ0v) is 20.5. The highest BCUT2D eigenvalue weighted by atomic mass is 35.5. The summed E-state index contributed by atoms with van der Waals surface area (Å²) in [5, 5.41) is 1.39. The number of aliphatic imine (C=N–C) groups is 1. The maximum Gasteiger partial charge on any atom is 0.253 e. The van der Waals surface area contributed by atoms with Gasteiger partial charge in [0.05, 0.1) is 13.1 Å². The van der Waals surface area contributed by atoms with Crippen LogP contribution < -0.4 is 0 Å². The predicted octanol–water partition coefficient (Wildman–Crippen LogP) is 3.28. The summed E-state index contributed by atoms with van der Waals surface area (Å²) < 4.78 is 28.6. The molecule has 0 N–H and O–H groups in total. The van der Waals surface area contributed by atoms with E-state index in [1.807, 2.05) is 31.3 Å². The van der Waals surface area contributed by atoms with E-state index in [2.05, 4.69) is 9.89 Å². The number of hydrogen-bond acceptors (Lipinski definition) is 6. The average molecular weight is 503 g/mol. The lowest BCUT2D eigenvalue weighted by atomic mass is 10.1. The first-order valence-corrected chi connectivity index (χ1v) is 13.3. The fourth-order valence-electron chi connectivity index (χ4n) is 4.12. The molecule has 3 heterocycles. The zero-order valence-electron chi connectivity index (χ0n) is 18.1. The molecule has 2 aromatic carbocycles. The van der Waals surface area contributed by atoms with Crippen LogP contribution >= 0.6 is 22.9 Å². The molecule has 5 rings (SSSR count). The quantitative estimate of drug-likeness (QED) is 0.536. The molecule has 7 nitrogen and oxygen atoms in total. The molecule has 0 radical (unpaired) electrons. The van der Waals surface area contributed by atoms with Crippen molar-refractivity contribution in [1.29, 1.82) is 0 Å². The highest BCUT2D eigenvalue weighted by Crippen LogP contribution is 2.33. The third kappa shape index (κ3) is 4.38. The van der Waals surface area contributed by atoms with E-state index < -0.39 is 10.0 Å². The summed E-state index contributed by atoms with van der Waals surface area (Å²) in [5.74, 6) is 0.790. The summed E-state index contributed by atoms with van der Waals surface area (Å²) >= 11 is 7.21. The molecule has 0 atom stereocenters. The standard InChI is InChI=1S/C23H23ClN4O3S2/c1-26-9-8-25-23(26)17-4-2-16(3-5-17)14-27-10-11-28(15-21(27)29)33(30,31)22-12-18-6-7-19(24)13-20(18)32-22/h2-7,12-13H,8-11,14-15H2,1H3. The molecule has 0 aliphatic carbocycles. The average Bonchev–Trinajstić information content (AvgIpc) is 3.42. The Hall–Kier alpha value is -2.46. The number of sulfonamides is 1. The van der Waals surface area contributed by atoms with Gasteiger partial charge in [0.1, 0.15) is 10.0 Å². The summed E-state index contributed by atoms with van der Waals surface area (Å²) in [6.07, 6.45) is 0. The van der Waals surface area contributed by atoms with Gasteiger partial charge in [-0.05, 0) is 29.1 Å². The first-order chi connectivity index (χ1) is 15.8. The molecule has 1 amide bonds. The fraction of sp³-hybridized carbons (Fsp3) is 0.304. The van der Waals surface area contributed by atoms with Crippen LogP contribution in [0.4, 0.5) is 0 Å². The molecule has 2 aliphatic heterocycles. The number of carbonyl (C=O) groups excluding carboxylic acids is 1. The minimum absolute atomic E-state index is 0.156. The molecule has 172 valence electrons. The van der Waals surface area contributed by atoms with Crippen LogP contribution in [0.25, 0.3) is 10.1 Å². The normalized spacial score (nSPS) is 17.8. The monoisotopic (exact) mass is 502 g/mol. The summed E-state index contributed by atoms with van der Waals surface area (Å²) in [6, 6.07) is 15.0. The molecular formula is C23H23ClN4O3S2. The zero-order chi connectivity index (χ0) is 23.2. The first kappa shape index (κ1) is 22.3. The number of hydrogen-bond donors (Lipinski definition) is 0. The van der Waals surface area contributed by atoms with Crippen LogP contribution in [-0.2, 0) is 21.4 Å². The molecule has 33 heavy (non-hydrogen) atoms. The van der Waals surface area contributed by atoms with Crippen molar-refractivity contribution in [2.75, 3.05) is 39.8 Å². The van der Waals surface area contributed by atoms with Crippen molar-refractivity contribution in [3.63, 3.8) is 0 Å². The SMILES string of the molecule is CN1CCN=C1c1ccc(CN2CCN(S(=O)(=O)c3cc4ccc(Cl)cc4s3)CC2=O)cc1. The highest BCUT2D eigenvalue weighted by molar-refractivity contribution is 7.91. The van der Waals surface area contributed by atoms with Gasteiger partial charge in [0.2, 0.25) is 5.91 Å². The van der Waals surface area contributed by atoms with Crippen LogP contribution in [0.1, 0.15) is 11.1 Å². The Morgan fingerprint density at radius 2 is 1.85 bits per heavy atom. The topological polar surface area (TPSA) is 73.3 Å². The Balaban J connectivity index is 1.26. The fourth-order valence-corrected chi connectivity index (χ4v) is 7.33. The molecule has 1 fully saturated rings. The van der Waals surface area contributed by atoms with Crippen molar-refractivity contribution in [3.8, 4) is 0 Å². The minimum atomic E-state index is -3.74. The third-order valence-corrected chi connectivity index (χ3v) is 9.61. The molecule has 0 bridgehead atoms. The molecule has 2 aliphatic rings. The summed E-state index contributed by atoms with van der Waals surface area (Å²) in [7, 11) is -1.72. The van der Waals surface area contributed by atoms with E-state index >= 15 is 0 Å². The van der Waals surface area contributed by atoms with Crippen molar-refractivity contribution < 1.29 is 13.2 Å². The molecule has 0 spiro atoms. The van der Waals surface area contributed by atoms with E-state index in [1.54, 1.807) is 29.2 Å². The van der Waals surface area contributed by atoms with Crippen LogP contribution in [-0.4, -0.2) is 74.0 Å². The lowest BCUT2D eigenvalue weighted by Gasteiger charge is -2.33. The van der Waals surface area contributed by atoms with Crippen LogP contribution in [0.2, 0.25) is 5.02 Å². The lowest BCUT2D eigenvalue weighted by Crippen LogP contribution is -2.51. The smallest absolute Gasteiger partial charge is 0.253 e. The van der Waals surface area contributed by atoms with Gasteiger partial charge in [0.15, 0.2) is 0 Å². The second-order valence-electron chi connectivity index (χ2n) is 8.23. The van der Waals surface area contributed by atoms with E-state index in [-0.39, 0.29) is 23.2 Å². The van der Waals surface area contributed by atoms with Crippen molar-refractivity contribution in [3.05, 3.63) is 64.7 Å². The molecule has 3 aromatic rings. The maximum absolute atomic E-state index is 13.2. The molecule has 10 heteroatoms. The third-order valence-electron chi connectivity index (χ3n) is 5.98. The Bertz CT molecular complexity index is 1350. The summed E-state index contributed by atoms with van der Waals surface area (Å²) in [4.78, 5) is 21.2. The van der Waals surface area contributed by atoms with Gasteiger partial charge in [-0.1, -0.05) is 41.9 Å². The highest BCUT2D eigenvalue weighted by Gasteiger charge is 2.34. The van der Waals surface area contributed by atoms with E-state index in [9.17, 15) is 13.2 Å². The van der Waals surface area contributed by atoms with Gasteiger partial charge in [0, 0.05) is 48.5 Å². The van der Waals surface area contributed by atoms with E-state index in [1.165, 1.54) is 15.6 Å².